The van der Waals surface area contributed by atoms with Crippen LogP contribution in [0.4, 0.5) is 16.2 Å². The first kappa shape index (κ1) is 17.2. The lowest BCUT2D eigenvalue weighted by Gasteiger charge is -2.33. The van der Waals surface area contributed by atoms with Gasteiger partial charge in [0.2, 0.25) is 0 Å². The van der Waals surface area contributed by atoms with E-state index in [1.165, 1.54) is 11.0 Å². The third-order valence-corrected chi connectivity index (χ3v) is 3.34. The number of nitrogens with zero attached hydrogens (tertiary/aromatic N) is 2. The zero-order valence-corrected chi connectivity index (χ0v) is 13.7. The number of halogens is 1. The third kappa shape index (κ3) is 4.89. The molecule has 0 saturated carbocycles. The molecule has 0 spiro atoms. The average Bonchev–Trinajstić information content (AvgIpc) is 2.32. The van der Waals surface area contributed by atoms with E-state index in [1.54, 1.807) is 32.9 Å². The highest BCUT2D eigenvalue weighted by Gasteiger charge is 2.25. The molecule has 1 amide bonds. The number of rotatable bonds is 5. The van der Waals surface area contributed by atoms with Crippen LogP contribution in [0.3, 0.4) is 0 Å². The highest BCUT2D eigenvalue weighted by Crippen LogP contribution is 2.27. The van der Waals surface area contributed by atoms with Gasteiger partial charge < -0.3 is 15.3 Å². The summed E-state index contributed by atoms with van der Waals surface area (Å²) < 4.78 is 0.710. The molecule has 0 radical (unpaired) electrons. The number of benzene rings is 1. The molecule has 0 aliphatic heterocycles. The van der Waals surface area contributed by atoms with Gasteiger partial charge in [-0.05, 0) is 32.9 Å². The largest absolute Gasteiger partial charge is 0.465 e. The van der Waals surface area contributed by atoms with Crippen molar-refractivity contribution in [3.8, 4) is 0 Å². The predicted octanol–water partition coefficient (Wildman–Crippen LogP) is 3.55. The lowest BCUT2D eigenvalue weighted by molar-refractivity contribution is -0.384. The molecule has 8 heteroatoms. The Bertz CT molecular complexity index is 543. The minimum atomic E-state index is -1.02. The van der Waals surface area contributed by atoms with Crippen LogP contribution in [-0.4, -0.2) is 39.7 Å². The van der Waals surface area contributed by atoms with Crippen LogP contribution in [0.15, 0.2) is 22.7 Å². The maximum Gasteiger partial charge on any atom is 0.407 e. The second-order valence-electron chi connectivity index (χ2n) is 5.45. The van der Waals surface area contributed by atoms with Gasteiger partial charge in [-0.1, -0.05) is 15.9 Å². The van der Waals surface area contributed by atoms with Crippen molar-refractivity contribution < 1.29 is 14.8 Å². The fourth-order valence-electron chi connectivity index (χ4n) is 1.83. The van der Waals surface area contributed by atoms with Crippen LogP contribution in [0.5, 0.6) is 0 Å². The fourth-order valence-corrected chi connectivity index (χ4v) is 2.19. The molecule has 0 unspecified atom stereocenters. The smallest absolute Gasteiger partial charge is 0.407 e. The van der Waals surface area contributed by atoms with Crippen molar-refractivity contribution in [3.63, 3.8) is 0 Å². The summed E-state index contributed by atoms with van der Waals surface area (Å²) in [5.74, 6) is 0. The number of carboxylic acid groups (broad SMARTS) is 1. The predicted molar refractivity (Wildman–Crippen MR) is 83.8 cm³/mol. The molecule has 21 heavy (non-hydrogen) atoms. The van der Waals surface area contributed by atoms with E-state index in [9.17, 15) is 20.0 Å². The van der Waals surface area contributed by atoms with Gasteiger partial charge in [0, 0.05) is 29.2 Å². The highest BCUT2D eigenvalue weighted by atomic mass is 79.9. The molecule has 0 aliphatic rings. The van der Waals surface area contributed by atoms with Gasteiger partial charge in [-0.3, -0.25) is 10.1 Å². The molecule has 0 atom stereocenters. The van der Waals surface area contributed by atoms with E-state index >= 15 is 0 Å². The minimum Gasteiger partial charge on any atom is -0.465 e. The number of anilines is 1. The maximum absolute atomic E-state index is 11.2. The van der Waals surface area contributed by atoms with Crippen molar-refractivity contribution in [2.24, 2.45) is 0 Å². The summed E-state index contributed by atoms with van der Waals surface area (Å²) in [6.07, 6.45) is -1.02. The van der Waals surface area contributed by atoms with Crippen molar-refractivity contribution in [2.75, 3.05) is 18.4 Å². The van der Waals surface area contributed by atoms with Crippen LogP contribution in [0, 0.1) is 10.1 Å². The molecule has 1 aromatic rings. The Kier molecular flexibility index (Phi) is 5.54. The van der Waals surface area contributed by atoms with Crippen molar-refractivity contribution in [3.05, 3.63) is 32.8 Å². The van der Waals surface area contributed by atoms with Gasteiger partial charge in [-0.15, -0.1) is 0 Å². The summed E-state index contributed by atoms with van der Waals surface area (Å²) in [4.78, 5) is 22.9. The Morgan fingerprint density at radius 2 is 2.10 bits per heavy atom. The van der Waals surface area contributed by atoms with Crippen molar-refractivity contribution >= 4 is 33.4 Å². The molecule has 0 saturated heterocycles. The van der Waals surface area contributed by atoms with Gasteiger partial charge in [-0.25, -0.2) is 4.79 Å². The first-order chi connectivity index (χ1) is 9.62. The summed E-state index contributed by atoms with van der Waals surface area (Å²) in [5, 5.41) is 23.0. The summed E-state index contributed by atoms with van der Waals surface area (Å²) in [6.45, 7) is 5.89. The summed E-state index contributed by atoms with van der Waals surface area (Å²) in [6, 6.07) is 4.58. The van der Waals surface area contributed by atoms with Crippen LogP contribution in [0.25, 0.3) is 0 Å². The molecule has 0 aliphatic carbocycles. The Labute approximate surface area is 131 Å². The Morgan fingerprint density at radius 1 is 1.48 bits per heavy atom. The maximum atomic E-state index is 11.2. The molecule has 7 nitrogen and oxygen atoms in total. The van der Waals surface area contributed by atoms with Crippen molar-refractivity contribution in [1.29, 1.82) is 0 Å². The molecule has 1 rings (SSSR count). The topological polar surface area (TPSA) is 95.7 Å². The van der Waals surface area contributed by atoms with Crippen LogP contribution in [-0.2, 0) is 0 Å². The number of nitrogens with one attached hydrogen (secondary N) is 1. The molecule has 2 N–H and O–H groups in total. The summed E-state index contributed by atoms with van der Waals surface area (Å²) in [5.41, 5.74) is -0.221. The average molecular weight is 360 g/mol. The standard InChI is InChI=1S/C13H18BrN3O4/c1-13(2,3)16(12(18)19)7-6-15-10-8-9(14)4-5-11(10)17(20)21/h4-5,8,15H,6-7H2,1-3H3,(H,18,19). The van der Waals surface area contributed by atoms with Crippen molar-refractivity contribution in [1.82, 2.24) is 4.90 Å². The normalized spacial score (nSPS) is 11.0. The van der Waals surface area contributed by atoms with E-state index in [1.807, 2.05) is 0 Å². The summed E-state index contributed by atoms with van der Waals surface area (Å²) >= 11 is 3.25. The highest BCUT2D eigenvalue weighted by molar-refractivity contribution is 9.10. The van der Waals surface area contributed by atoms with Crippen molar-refractivity contribution in [2.45, 2.75) is 26.3 Å². The van der Waals surface area contributed by atoms with Crippen LogP contribution >= 0.6 is 15.9 Å². The van der Waals surface area contributed by atoms with Crippen LogP contribution < -0.4 is 5.32 Å². The van der Waals surface area contributed by atoms with Gasteiger partial charge in [0.25, 0.3) is 5.69 Å². The summed E-state index contributed by atoms with van der Waals surface area (Å²) in [7, 11) is 0. The number of carbonyl (C=O) groups is 1. The SMILES string of the molecule is CC(C)(C)N(CCNc1cc(Br)ccc1[N+](=O)[O-])C(=O)O. The van der Waals surface area contributed by atoms with Crippen LogP contribution in [0.2, 0.25) is 0 Å². The first-order valence-corrected chi connectivity index (χ1v) is 7.10. The van der Waals surface area contributed by atoms with Gasteiger partial charge in [-0.2, -0.15) is 0 Å². The van der Waals surface area contributed by atoms with E-state index in [-0.39, 0.29) is 18.8 Å². The molecule has 1 aromatic carbocycles. The first-order valence-electron chi connectivity index (χ1n) is 6.31. The molecular weight excluding hydrogens is 342 g/mol. The quantitative estimate of drug-likeness (QED) is 0.618. The molecule has 0 heterocycles. The van der Waals surface area contributed by atoms with E-state index < -0.39 is 16.6 Å². The van der Waals surface area contributed by atoms with E-state index in [4.69, 9.17) is 0 Å². The van der Waals surface area contributed by atoms with E-state index in [2.05, 4.69) is 21.2 Å². The lowest BCUT2D eigenvalue weighted by Crippen LogP contribution is -2.47. The second kappa shape index (κ2) is 6.75. The Hall–Kier alpha value is -1.83. The minimum absolute atomic E-state index is 0.0455. The second-order valence-corrected chi connectivity index (χ2v) is 6.37. The molecule has 116 valence electrons. The number of nitro benzene ring substituents is 1. The molecular formula is C13H18BrN3O4. The zero-order chi connectivity index (χ0) is 16.2. The molecule has 0 bridgehead atoms. The lowest BCUT2D eigenvalue weighted by atomic mass is 10.1. The van der Waals surface area contributed by atoms with Gasteiger partial charge in [0.15, 0.2) is 0 Å². The monoisotopic (exact) mass is 359 g/mol. The third-order valence-electron chi connectivity index (χ3n) is 2.85. The number of amides is 1. The van der Waals surface area contributed by atoms with Gasteiger partial charge >= 0.3 is 6.09 Å². The zero-order valence-electron chi connectivity index (χ0n) is 12.1. The van der Waals surface area contributed by atoms with E-state index in [0.717, 1.165) is 0 Å². The van der Waals surface area contributed by atoms with Crippen LogP contribution in [0.1, 0.15) is 20.8 Å². The van der Waals surface area contributed by atoms with Gasteiger partial charge in [0.1, 0.15) is 5.69 Å². The Balaban J connectivity index is 2.78. The number of nitro groups is 1. The number of hydrogen-bond acceptors (Lipinski definition) is 4. The fraction of sp³-hybridized carbons (Fsp3) is 0.462. The Morgan fingerprint density at radius 3 is 2.57 bits per heavy atom. The molecule has 0 aromatic heterocycles. The number of hydrogen-bond donors (Lipinski definition) is 2. The van der Waals surface area contributed by atoms with E-state index in [0.29, 0.717) is 10.2 Å². The van der Waals surface area contributed by atoms with Gasteiger partial charge in [0.05, 0.1) is 4.92 Å². The molecule has 0 fully saturated rings.